The van der Waals surface area contributed by atoms with E-state index in [1.165, 1.54) is 18.2 Å². The lowest BCUT2D eigenvalue weighted by molar-refractivity contribution is 0.0443. The van der Waals surface area contributed by atoms with E-state index < -0.39 is 11.7 Å². The van der Waals surface area contributed by atoms with Gasteiger partial charge in [-0.05, 0) is 25.1 Å². The molecule has 1 rings (SSSR count). The Hall–Kier alpha value is -1.50. The number of benzene rings is 1. The number of carbonyl (C=O) groups excluding carboxylic acids is 1. The van der Waals surface area contributed by atoms with E-state index in [2.05, 4.69) is 0 Å². The molecule has 18 heavy (non-hydrogen) atoms. The second-order valence-corrected chi connectivity index (χ2v) is 3.53. The fourth-order valence-corrected chi connectivity index (χ4v) is 1.35. The third kappa shape index (κ3) is 4.40. The zero-order valence-corrected chi connectivity index (χ0v) is 10.2. The summed E-state index contributed by atoms with van der Waals surface area (Å²) in [7, 11) is 0. The van der Waals surface area contributed by atoms with Gasteiger partial charge in [0.2, 0.25) is 0 Å². The number of hydrazine groups is 1. The van der Waals surface area contributed by atoms with Crippen molar-refractivity contribution in [2.24, 2.45) is 5.84 Å². The van der Waals surface area contributed by atoms with Crippen molar-refractivity contribution in [2.45, 2.75) is 13.5 Å². The summed E-state index contributed by atoms with van der Waals surface area (Å²) in [5.74, 6) is 4.12. The van der Waals surface area contributed by atoms with Crippen LogP contribution in [0.3, 0.4) is 0 Å². The molecule has 0 bridgehead atoms. The fourth-order valence-electron chi connectivity index (χ4n) is 1.35. The van der Waals surface area contributed by atoms with Gasteiger partial charge in [-0.3, -0.25) is 10.2 Å². The molecule has 3 N–H and O–H groups in total. The van der Waals surface area contributed by atoms with Crippen LogP contribution in [0.2, 0.25) is 0 Å². The summed E-state index contributed by atoms with van der Waals surface area (Å²) in [5.41, 5.74) is 2.60. The highest BCUT2D eigenvalue weighted by Gasteiger charge is 2.08. The lowest BCUT2D eigenvalue weighted by atomic mass is 10.1. The molecule has 1 aromatic rings. The molecule has 0 radical (unpaired) electrons. The Labute approximate surface area is 105 Å². The molecule has 5 nitrogen and oxygen atoms in total. The molecule has 0 unspecified atom stereocenters. The van der Waals surface area contributed by atoms with Gasteiger partial charge in [-0.2, -0.15) is 0 Å². The van der Waals surface area contributed by atoms with Crippen molar-refractivity contribution in [3.63, 3.8) is 0 Å². The van der Waals surface area contributed by atoms with E-state index in [9.17, 15) is 9.18 Å². The molecule has 0 saturated carbocycles. The number of rotatable bonds is 7. The maximum Gasteiger partial charge on any atom is 0.265 e. The monoisotopic (exact) mass is 256 g/mol. The SMILES string of the molecule is CCOCCOCc1cc(C(=O)NN)ccc1F. The van der Waals surface area contributed by atoms with Crippen LogP contribution in [0, 0.1) is 5.82 Å². The average Bonchev–Trinajstić information content (AvgIpc) is 2.39. The van der Waals surface area contributed by atoms with Crippen LogP contribution in [0.15, 0.2) is 18.2 Å². The summed E-state index contributed by atoms with van der Waals surface area (Å²) in [6.45, 7) is 3.42. The van der Waals surface area contributed by atoms with Crippen molar-refractivity contribution in [3.05, 3.63) is 35.1 Å². The number of nitrogen functional groups attached to an aromatic ring is 1. The van der Waals surface area contributed by atoms with Crippen molar-refractivity contribution < 1.29 is 18.7 Å². The third-order valence-corrected chi connectivity index (χ3v) is 2.27. The lowest BCUT2D eigenvalue weighted by Gasteiger charge is -2.07. The van der Waals surface area contributed by atoms with E-state index in [-0.39, 0.29) is 6.61 Å². The Bertz CT molecular complexity index is 399. The molecule has 0 aliphatic carbocycles. The molecule has 0 aromatic heterocycles. The van der Waals surface area contributed by atoms with Crippen LogP contribution < -0.4 is 11.3 Å². The second-order valence-electron chi connectivity index (χ2n) is 3.53. The number of halogens is 1. The molecule has 1 aromatic carbocycles. The minimum atomic E-state index is -0.467. The minimum Gasteiger partial charge on any atom is -0.379 e. The molecule has 0 aliphatic rings. The maximum absolute atomic E-state index is 13.4. The zero-order valence-electron chi connectivity index (χ0n) is 10.2. The van der Waals surface area contributed by atoms with E-state index in [1.807, 2.05) is 12.3 Å². The standard InChI is InChI=1S/C12H17FN2O3/c1-2-17-5-6-18-8-10-7-9(12(16)15-14)3-4-11(10)13/h3-4,7H,2,5-6,8,14H2,1H3,(H,15,16). The average molecular weight is 256 g/mol. The first-order valence-electron chi connectivity index (χ1n) is 5.64. The molecule has 0 saturated heterocycles. The number of nitrogens with one attached hydrogen (secondary N) is 1. The zero-order chi connectivity index (χ0) is 13.4. The van der Waals surface area contributed by atoms with Gasteiger partial charge in [0.25, 0.3) is 5.91 Å². The highest BCUT2D eigenvalue weighted by Crippen LogP contribution is 2.11. The van der Waals surface area contributed by atoms with Gasteiger partial charge in [0.05, 0.1) is 19.8 Å². The van der Waals surface area contributed by atoms with Gasteiger partial charge in [0, 0.05) is 17.7 Å². The summed E-state index contributed by atoms with van der Waals surface area (Å²) in [5, 5.41) is 0. The molecule has 0 aliphatic heterocycles. The highest BCUT2D eigenvalue weighted by molar-refractivity contribution is 5.93. The highest BCUT2D eigenvalue weighted by atomic mass is 19.1. The number of hydrogen-bond donors (Lipinski definition) is 2. The van der Waals surface area contributed by atoms with Gasteiger partial charge in [0.15, 0.2) is 0 Å². The van der Waals surface area contributed by atoms with E-state index in [0.29, 0.717) is 30.9 Å². The van der Waals surface area contributed by atoms with Crippen LogP contribution in [0.25, 0.3) is 0 Å². The van der Waals surface area contributed by atoms with Gasteiger partial charge in [-0.25, -0.2) is 10.2 Å². The third-order valence-electron chi connectivity index (χ3n) is 2.27. The first-order chi connectivity index (χ1) is 8.69. The topological polar surface area (TPSA) is 73.6 Å². The first-order valence-corrected chi connectivity index (χ1v) is 5.64. The van der Waals surface area contributed by atoms with Crippen LogP contribution in [-0.2, 0) is 16.1 Å². The van der Waals surface area contributed by atoms with Crippen molar-refractivity contribution in [2.75, 3.05) is 19.8 Å². The van der Waals surface area contributed by atoms with E-state index in [4.69, 9.17) is 15.3 Å². The Morgan fingerprint density at radius 2 is 2.11 bits per heavy atom. The normalized spacial score (nSPS) is 10.4. The summed E-state index contributed by atoms with van der Waals surface area (Å²) >= 11 is 0. The largest absolute Gasteiger partial charge is 0.379 e. The predicted molar refractivity (Wildman–Crippen MR) is 64.2 cm³/mol. The molecule has 0 spiro atoms. The molecular formula is C12H17FN2O3. The number of nitrogens with two attached hydrogens (primary N) is 1. The van der Waals surface area contributed by atoms with Crippen molar-refractivity contribution >= 4 is 5.91 Å². The van der Waals surface area contributed by atoms with E-state index in [1.54, 1.807) is 0 Å². The number of carbonyl (C=O) groups is 1. The Kier molecular flexibility index (Phi) is 6.27. The van der Waals surface area contributed by atoms with Crippen molar-refractivity contribution in [1.29, 1.82) is 0 Å². The molecule has 100 valence electrons. The Morgan fingerprint density at radius 1 is 1.39 bits per heavy atom. The van der Waals surface area contributed by atoms with E-state index in [0.717, 1.165) is 0 Å². The summed E-state index contributed by atoms with van der Waals surface area (Å²) in [6.07, 6.45) is 0. The fraction of sp³-hybridized carbons (Fsp3) is 0.417. The number of amides is 1. The molecular weight excluding hydrogens is 239 g/mol. The molecule has 1 amide bonds. The minimum absolute atomic E-state index is 0.0879. The van der Waals surface area contributed by atoms with Crippen LogP contribution in [0.5, 0.6) is 0 Å². The number of ether oxygens (including phenoxy) is 2. The van der Waals surface area contributed by atoms with Gasteiger partial charge in [-0.15, -0.1) is 0 Å². The summed E-state index contributed by atoms with van der Waals surface area (Å²) < 4.78 is 23.8. The van der Waals surface area contributed by atoms with Gasteiger partial charge in [-0.1, -0.05) is 0 Å². The molecule has 6 heteroatoms. The quantitative estimate of drug-likeness (QED) is 0.330. The molecule has 0 atom stereocenters. The lowest BCUT2D eigenvalue weighted by Crippen LogP contribution is -2.30. The summed E-state index contributed by atoms with van der Waals surface area (Å²) in [4.78, 5) is 11.3. The van der Waals surface area contributed by atoms with Crippen LogP contribution in [0.1, 0.15) is 22.8 Å². The predicted octanol–water partition coefficient (Wildman–Crippen LogP) is 0.982. The second kappa shape index (κ2) is 7.75. The first kappa shape index (κ1) is 14.6. The van der Waals surface area contributed by atoms with Gasteiger partial charge < -0.3 is 9.47 Å². The van der Waals surface area contributed by atoms with Gasteiger partial charge in [0.1, 0.15) is 5.82 Å². The van der Waals surface area contributed by atoms with Crippen LogP contribution >= 0.6 is 0 Å². The van der Waals surface area contributed by atoms with Crippen LogP contribution in [0.4, 0.5) is 4.39 Å². The summed E-state index contributed by atoms with van der Waals surface area (Å²) in [6, 6.07) is 3.99. The smallest absolute Gasteiger partial charge is 0.265 e. The van der Waals surface area contributed by atoms with E-state index >= 15 is 0 Å². The van der Waals surface area contributed by atoms with Crippen molar-refractivity contribution in [1.82, 2.24) is 5.43 Å². The maximum atomic E-state index is 13.4. The Balaban J connectivity index is 2.56. The molecule has 0 fully saturated rings. The van der Waals surface area contributed by atoms with Crippen molar-refractivity contribution in [3.8, 4) is 0 Å². The molecule has 0 heterocycles. The number of hydrogen-bond acceptors (Lipinski definition) is 4. The van der Waals surface area contributed by atoms with Crippen LogP contribution in [-0.4, -0.2) is 25.7 Å². The van der Waals surface area contributed by atoms with Gasteiger partial charge >= 0.3 is 0 Å². The Morgan fingerprint density at radius 3 is 2.78 bits per heavy atom.